The molecule has 3 N–H and O–H groups in total. The molecule has 1 unspecified atom stereocenters. The maximum absolute atomic E-state index is 13.5. The number of aliphatic hydroxyl groups is 1. The van der Waals surface area contributed by atoms with E-state index >= 15 is 0 Å². The minimum absolute atomic E-state index is 0.421. The van der Waals surface area contributed by atoms with Crippen LogP contribution in [0.4, 0.5) is 23.7 Å². The third-order valence-corrected chi connectivity index (χ3v) is 3.30. The van der Waals surface area contributed by atoms with Gasteiger partial charge in [0.2, 0.25) is 0 Å². The standard InChI is InChI=1S/C15H12ClF3N2O2/c16-9-3-1-8(2-4-9)12(7-22)21-15(23)20-11-6-5-10(17)13(18)14(11)19/h1-6,12,22H,7H2,(H2,20,21,23). The van der Waals surface area contributed by atoms with Crippen LogP contribution in [0.1, 0.15) is 11.6 Å². The zero-order valence-electron chi connectivity index (χ0n) is 11.6. The molecule has 0 saturated heterocycles. The number of halogens is 4. The van der Waals surface area contributed by atoms with Crippen molar-refractivity contribution >= 4 is 23.3 Å². The quantitative estimate of drug-likeness (QED) is 0.742. The molecule has 2 rings (SSSR count). The monoisotopic (exact) mass is 344 g/mol. The molecule has 0 aliphatic rings. The van der Waals surface area contributed by atoms with Crippen molar-refractivity contribution in [2.24, 2.45) is 0 Å². The Bertz CT molecular complexity index is 711. The van der Waals surface area contributed by atoms with Crippen LogP contribution in [0.2, 0.25) is 5.02 Å². The first-order valence-corrected chi connectivity index (χ1v) is 6.87. The van der Waals surface area contributed by atoms with Crippen LogP contribution in [-0.2, 0) is 0 Å². The van der Waals surface area contributed by atoms with E-state index in [0.717, 1.165) is 6.07 Å². The number of aliphatic hydroxyl groups excluding tert-OH is 1. The van der Waals surface area contributed by atoms with Gasteiger partial charge in [0.25, 0.3) is 0 Å². The number of hydrogen-bond donors (Lipinski definition) is 3. The Labute approximate surface area is 134 Å². The molecule has 0 spiro atoms. The van der Waals surface area contributed by atoms with Crippen LogP contribution in [0.25, 0.3) is 0 Å². The molecular weight excluding hydrogens is 333 g/mol. The molecule has 0 bridgehead atoms. The normalized spacial score (nSPS) is 11.9. The molecular formula is C15H12ClF3N2O2. The predicted molar refractivity (Wildman–Crippen MR) is 79.7 cm³/mol. The van der Waals surface area contributed by atoms with Crippen LogP contribution in [0.5, 0.6) is 0 Å². The number of anilines is 1. The molecule has 0 aromatic heterocycles. The second-order valence-electron chi connectivity index (χ2n) is 4.61. The summed E-state index contributed by atoms with van der Waals surface area (Å²) < 4.78 is 39.4. The molecule has 0 heterocycles. The fourth-order valence-corrected chi connectivity index (χ4v) is 1.99. The molecule has 23 heavy (non-hydrogen) atoms. The summed E-state index contributed by atoms with van der Waals surface area (Å²) in [5, 5.41) is 14.3. The summed E-state index contributed by atoms with van der Waals surface area (Å²) in [5.74, 6) is -4.55. The highest BCUT2D eigenvalue weighted by Crippen LogP contribution is 2.20. The maximum atomic E-state index is 13.5. The molecule has 8 heteroatoms. The third kappa shape index (κ3) is 4.14. The summed E-state index contributed by atoms with van der Waals surface area (Å²) in [7, 11) is 0. The highest BCUT2D eigenvalue weighted by molar-refractivity contribution is 6.30. The molecule has 4 nitrogen and oxygen atoms in total. The van der Waals surface area contributed by atoms with E-state index in [4.69, 9.17) is 11.6 Å². The molecule has 0 fully saturated rings. The molecule has 2 amide bonds. The fourth-order valence-electron chi connectivity index (χ4n) is 1.87. The average Bonchev–Trinajstić information content (AvgIpc) is 2.54. The van der Waals surface area contributed by atoms with Gasteiger partial charge in [0, 0.05) is 5.02 Å². The lowest BCUT2D eigenvalue weighted by molar-refractivity contribution is 0.225. The first-order chi connectivity index (χ1) is 10.9. The maximum Gasteiger partial charge on any atom is 0.319 e. The number of hydrogen-bond acceptors (Lipinski definition) is 2. The van der Waals surface area contributed by atoms with Crippen LogP contribution in [0.3, 0.4) is 0 Å². The molecule has 122 valence electrons. The lowest BCUT2D eigenvalue weighted by atomic mass is 10.1. The number of carbonyl (C=O) groups excluding carboxylic acids is 1. The van der Waals surface area contributed by atoms with E-state index in [1.165, 1.54) is 0 Å². The van der Waals surface area contributed by atoms with Gasteiger partial charge in [-0.15, -0.1) is 0 Å². The van der Waals surface area contributed by atoms with Crippen molar-refractivity contribution in [3.63, 3.8) is 0 Å². The summed E-state index contributed by atoms with van der Waals surface area (Å²) >= 11 is 5.75. The molecule has 2 aromatic carbocycles. The van der Waals surface area contributed by atoms with Gasteiger partial charge in [-0.3, -0.25) is 0 Å². The number of urea groups is 1. The van der Waals surface area contributed by atoms with Crippen LogP contribution >= 0.6 is 11.6 Å². The van der Waals surface area contributed by atoms with Crippen molar-refractivity contribution in [2.75, 3.05) is 11.9 Å². The van der Waals surface area contributed by atoms with E-state index in [9.17, 15) is 23.1 Å². The van der Waals surface area contributed by atoms with Crippen molar-refractivity contribution < 1.29 is 23.1 Å². The number of amides is 2. The lowest BCUT2D eigenvalue weighted by Gasteiger charge is -2.17. The Hall–Kier alpha value is -2.25. The van der Waals surface area contributed by atoms with Gasteiger partial charge < -0.3 is 15.7 Å². The molecule has 0 saturated carbocycles. The van der Waals surface area contributed by atoms with Gasteiger partial charge in [-0.2, -0.15) is 0 Å². The van der Waals surface area contributed by atoms with Crippen LogP contribution in [0.15, 0.2) is 36.4 Å². The smallest absolute Gasteiger partial charge is 0.319 e. The Morgan fingerprint density at radius 3 is 2.35 bits per heavy atom. The Morgan fingerprint density at radius 2 is 1.74 bits per heavy atom. The molecule has 0 aliphatic heterocycles. The van der Waals surface area contributed by atoms with Crippen LogP contribution in [-0.4, -0.2) is 17.7 Å². The zero-order chi connectivity index (χ0) is 17.0. The summed E-state index contributed by atoms with van der Waals surface area (Å²) in [6.45, 7) is -0.421. The van der Waals surface area contributed by atoms with Gasteiger partial charge in [-0.1, -0.05) is 23.7 Å². The number of carbonyl (C=O) groups is 1. The van der Waals surface area contributed by atoms with Crippen LogP contribution in [0, 0.1) is 17.5 Å². The van der Waals surface area contributed by atoms with Gasteiger partial charge in [0.1, 0.15) is 0 Å². The van der Waals surface area contributed by atoms with Gasteiger partial charge in [-0.25, -0.2) is 18.0 Å². The van der Waals surface area contributed by atoms with Crippen molar-refractivity contribution in [1.29, 1.82) is 0 Å². The SMILES string of the molecule is O=C(Nc1ccc(F)c(F)c1F)NC(CO)c1ccc(Cl)cc1. The van der Waals surface area contributed by atoms with E-state index < -0.39 is 41.8 Å². The molecule has 1 atom stereocenters. The number of nitrogens with one attached hydrogen (secondary N) is 2. The second kappa shape index (κ2) is 7.34. The minimum Gasteiger partial charge on any atom is -0.394 e. The van der Waals surface area contributed by atoms with Gasteiger partial charge in [-0.05, 0) is 29.8 Å². The molecule has 0 radical (unpaired) electrons. The molecule has 2 aromatic rings. The third-order valence-electron chi connectivity index (χ3n) is 3.04. The topological polar surface area (TPSA) is 61.4 Å². The van der Waals surface area contributed by atoms with E-state index in [1.807, 2.05) is 0 Å². The van der Waals surface area contributed by atoms with Crippen molar-refractivity contribution in [1.82, 2.24) is 5.32 Å². The summed E-state index contributed by atoms with van der Waals surface area (Å²) in [6, 6.07) is 6.27. The predicted octanol–water partition coefficient (Wildman–Crippen LogP) is 3.61. The zero-order valence-corrected chi connectivity index (χ0v) is 12.4. The minimum atomic E-state index is -1.68. The van der Waals surface area contributed by atoms with Crippen molar-refractivity contribution in [3.05, 3.63) is 64.4 Å². The van der Waals surface area contributed by atoms with E-state index in [-0.39, 0.29) is 0 Å². The highest BCUT2D eigenvalue weighted by Gasteiger charge is 2.17. The van der Waals surface area contributed by atoms with Gasteiger partial charge in [0.15, 0.2) is 17.5 Å². The Kier molecular flexibility index (Phi) is 5.46. The number of benzene rings is 2. The summed E-state index contributed by atoms with van der Waals surface area (Å²) in [6.07, 6.45) is 0. The summed E-state index contributed by atoms with van der Waals surface area (Å²) in [5.41, 5.74) is 0.0482. The highest BCUT2D eigenvalue weighted by atomic mass is 35.5. The first kappa shape index (κ1) is 17.1. The van der Waals surface area contributed by atoms with E-state index in [1.54, 1.807) is 24.3 Å². The number of rotatable bonds is 4. The Morgan fingerprint density at radius 1 is 1.09 bits per heavy atom. The second-order valence-corrected chi connectivity index (χ2v) is 5.04. The Balaban J connectivity index is 2.09. The lowest BCUT2D eigenvalue weighted by Crippen LogP contribution is -2.34. The first-order valence-electron chi connectivity index (χ1n) is 6.49. The van der Waals surface area contributed by atoms with E-state index in [2.05, 4.69) is 10.6 Å². The van der Waals surface area contributed by atoms with Crippen LogP contribution < -0.4 is 10.6 Å². The van der Waals surface area contributed by atoms with Gasteiger partial charge in [0.05, 0.1) is 18.3 Å². The van der Waals surface area contributed by atoms with E-state index in [0.29, 0.717) is 16.7 Å². The molecule has 0 aliphatic carbocycles. The largest absolute Gasteiger partial charge is 0.394 e. The average molecular weight is 345 g/mol. The van der Waals surface area contributed by atoms with Gasteiger partial charge >= 0.3 is 6.03 Å². The summed E-state index contributed by atoms with van der Waals surface area (Å²) in [4.78, 5) is 11.8. The van der Waals surface area contributed by atoms with Crippen molar-refractivity contribution in [2.45, 2.75) is 6.04 Å². The fraction of sp³-hybridized carbons (Fsp3) is 0.133. The van der Waals surface area contributed by atoms with Crippen molar-refractivity contribution in [3.8, 4) is 0 Å².